The number of nitrogens with zero attached hydrogens (tertiary/aromatic N) is 5. The largest absolute Gasteiger partial charge is 0.355 e. The Kier molecular flexibility index (Phi) is 7.21. The summed E-state index contributed by atoms with van der Waals surface area (Å²) in [6, 6.07) is 3.27. The maximum atomic E-state index is 14.0. The zero-order chi connectivity index (χ0) is 21.6. The van der Waals surface area contributed by atoms with Crippen molar-refractivity contribution < 1.29 is 9.18 Å². The van der Waals surface area contributed by atoms with E-state index in [1.54, 1.807) is 19.3 Å². The first-order valence-electron chi connectivity index (χ1n) is 11.5. The minimum absolute atomic E-state index is 0.202. The molecule has 0 radical (unpaired) electrons. The lowest BCUT2D eigenvalue weighted by Crippen LogP contribution is -2.53. The molecular weight excluding hydrogens is 397 g/mol. The maximum Gasteiger partial charge on any atom is 0.225 e. The summed E-state index contributed by atoms with van der Waals surface area (Å²) in [5.74, 6) is 1.57. The van der Waals surface area contributed by atoms with Crippen molar-refractivity contribution >= 4 is 17.7 Å². The van der Waals surface area contributed by atoms with Gasteiger partial charge in [0, 0.05) is 77.6 Å². The number of piperazine rings is 1. The molecule has 0 spiro atoms. The van der Waals surface area contributed by atoms with Crippen LogP contribution in [0.2, 0.25) is 0 Å². The van der Waals surface area contributed by atoms with Crippen LogP contribution in [0.25, 0.3) is 0 Å². The summed E-state index contributed by atoms with van der Waals surface area (Å²) in [7, 11) is 1.77. The molecule has 3 heterocycles. The zero-order valence-corrected chi connectivity index (χ0v) is 18.4. The van der Waals surface area contributed by atoms with Crippen LogP contribution in [0.15, 0.2) is 23.3 Å². The second-order valence-electron chi connectivity index (χ2n) is 8.68. The number of guanidine groups is 1. The van der Waals surface area contributed by atoms with Crippen LogP contribution in [-0.2, 0) is 4.79 Å². The third-order valence-electron chi connectivity index (χ3n) is 6.65. The number of carbonyl (C=O) groups is 1. The van der Waals surface area contributed by atoms with E-state index in [1.165, 1.54) is 12.5 Å². The highest BCUT2D eigenvalue weighted by molar-refractivity contribution is 5.80. The molecule has 4 rings (SSSR count). The highest BCUT2D eigenvalue weighted by Gasteiger charge is 2.31. The Balaban J connectivity index is 1.15. The van der Waals surface area contributed by atoms with E-state index in [0.717, 1.165) is 71.0 Å². The summed E-state index contributed by atoms with van der Waals surface area (Å²) in [5, 5.41) is 6.83. The fourth-order valence-electron chi connectivity index (χ4n) is 4.51. The molecule has 0 bridgehead atoms. The van der Waals surface area contributed by atoms with E-state index in [4.69, 9.17) is 0 Å². The quantitative estimate of drug-likeness (QED) is 0.515. The highest BCUT2D eigenvalue weighted by atomic mass is 19.1. The number of nitrogens with one attached hydrogen (secondary N) is 2. The fraction of sp³-hybridized carbons (Fsp3) is 0.682. The Morgan fingerprint density at radius 3 is 2.71 bits per heavy atom. The molecule has 3 fully saturated rings. The van der Waals surface area contributed by atoms with Gasteiger partial charge in [-0.2, -0.15) is 0 Å². The molecule has 31 heavy (non-hydrogen) atoms. The van der Waals surface area contributed by atoms with E-state index in [-0.39, 0.29) is 11.9 Å². The number of halogens is 1. The first kappa shape index (κ1) is 21.8. The molecule has 2 N–H and O–H groups in total. The summed E-state index contributed by atoms with van der Waals surface area (Å²) in [4.78, 5) is 27.3. The van der Waals surface area contributed by atoms with Gasteiger partial charge >= 0.3 is 0 Å². The summed E-state index contributed by atoms with van der Waals surface area (Å²) in [6.45, 7) is 6.72. The maximum absolute atomic E-state index is 14.0. The number of anilines is 1. The third kappa shape index (κ3) is 5.44. The normalized spacial score (nSPS) is 23.0. The molecule has 170 valence electrons. The summed E-state index contributed by atoms with van der Waals surface area (Å²) >= 11 is 0. The molecule has 2 saturated heterocycles. The van der Waals surface area contributed by atoms with Gasteiger partial charge in [0.15, 0.2) is 17.6 Å². The van der Waals surface area contributed by atoms with Crippen LogP contribution in [0.5, 0.6) is 0 Å². The van der Waals surface area contributed by atoms with Crippen LogP contribution in [0.1, 0.15) is 25.7 Å². The van der Waals surface area contributed by atoms with Gasteiger partial charge in [-0.25, -0.2) is 9.37 Å². The molecule has 1 aliphatic carbocycles. The molecule has 1 unspecified atom stereocenters. The number of aromatic nitrogens is 1. The standard InChI is InChI=1S/C22H34FN7O/c1-24-22(27-18-7-10-30(16-18)20-19(23)6-3-8-25-20)26-9-11-28-12-14-29(15-13-28)21(31)17-4-2-5-17/h3,6,8,17-18H,2,4-5,7,9-16H2,1H3,(H2,24,26,27). The Hall–Kier alpha value is -2.42. The third-order valence-corrected chi connectivity index (χ3v) is 6.65. The summed E-state index contributed by atoms with van der Waals surface area (Å²) in [5.41, 5.74) is 0. The average Bonchev–Trinajstić information content (AvgIpc) is 3.21. The van der Waals surface area contributed by atoms with Crippen molar-refractivity contribution in [2.75, 3.05) is 64.3 Å². The van der Waals surface area contributed by atoms with Crippen LogP contribution in [0, 0.1) is 11.7 Å². The summed E-state index contributed by atoms with van der Waals surface area (Å²) in [6.07, 6.45) is 5.89. The second-order valence-corrected chi connectivity index (χ2v) is 8.68. The number of amides is 1. The van der Waals surface area contributed by atoms with Crippen molar-refractivity contribution in [2.24, 2.45) is 10.9 Å². The lowest BCUT2D eigenvalue weighted by molar-refractivity contribution is -0.139. The van der Waals surface area contributed by atoms with Gasteiger partial charge in [0.1, 0.15) is 0 Å². The molecule has 1 amide bonds. The van der Waals surface area contributed by atoms with Crippen molar-refractivity contribution in [3.63, 3.8) is 0 Å². The van der Waals surface area contributed by atoms with Gasteiger partial charge in [0.25, 0.3) is 0 Å². The minimum Gasteiger partial charge on any atom is -0.355 e. The lowest BCUT2D eigenvalue weighted by atomic mass is 9.84. The Labute approximate surface area is 183 Å². The lowest BCUT2D eigenvalue weighted by Gasteiger charge is -2.38. The van der Waals surface area contributed by atoms with Crippen molar-refractivity contribution in [3.8, 4) is 0 Å². The van der Waals surface area contributed by atoms with E-state index < -0.39 is 0 Å². The van der Waals surface area contributed by atoms with Crippen molar-refractivity contribution in [1.82, 2.24) is 25.4 Å². The van der Waals surface area contributed by atoms with Crippen LogP contribution >= 0.6 is 0 Å². The van der Waals surface area contributed by atoms with Gasteiger partial charge in [-0.05, 0) is 31.4 Å². The molecule has 2 aliphatic heterocycles. The van der Waals surface area contributed by atoms with E-state index in [2.05, 4.69) is 25.5 Å². The van der Waals surface area contributed by atoms with Crippen LogP contribution in [0.3, 0.4) is 0 Å². The summed E-state index contributed by atoms with van der Waals surface area (Å²) < 4.78 is 14.0. The number of aliphatic imine (C=N–C) groups is 1. The smallest absolute Gasteiger partial charge is 0.225 e. The van der Waals surface area contributed by atoms with Gasteiger partial charge in [0.05, 0.1) is 0 Å². The predicted molar refractivity (Wildman–Crippen MR) is 120 cm³/mol. The molecule has 1 aromatic rings. The van der Waals surface area contributed by atoms with E-state index in [0.29, 0.717) is 24.2 Å². The predicted octanol–water partition coefficient (Wildman–Crippen LogP) is 0.909. The first-order valence-corrected chi connectivity index (χ1v) is 11.5. The van der Waals surface area contributed by atoms with Gasteiger partial charge in [0.2, 0.25) is 5.91 Å². The second kappa shape index (κ2) is 10.3. The number of hydrogen-bond donors (Lipinski definition) is 2. The van der Waals surface area contributed by atoms with Gasteiger partial charge in [-0.15, -0.1) is 0 Å². The van der Waals surface area contributed by atoms with Crippen LogP contribution < -0.4 is 15.5 Å². The molecule has 1 atom stereocenters. The van der Waals surface area contributed by atoms with Crippen LogP contribution in [-0.4, -0.2) is 92.1 Å². The molecular formula is C22H34FN7O. The van der Waals surface area contributed by atoms with Crippen molar-refractivity contribution in [2.45, 2.75) is 31.7 Å². The van der Waals surface area contributed by atoms with Gasteiger partial charge < -0.3 is 20.4 Å². The molecule has 1 aromatic heterocycles. The SMILES string of the molecule is CN=C(NCCN1CCN(C(=O)C2CCC2)CC1)NC1CCN(c2ncccc2F)C1. The fourth-order valence-corrected chi connectivity index (χ4v) is 4.51. The van der Waals surface area contributed by atoms with E-state index >= 15 is 0 Å². The monoisotopic (exact) mass is 431 g/mol. The number of pyridine rings is 1. The van der Waals surface area contributed by atoms with Gasteiger partial charge in [-0.1, -0.05) is 6.42 Å². The zero-order valence-electron chi connectivity index (χ0n) is 18.4. The molecule has 3 aliphatic rings. The number of carbonyl (C=O) groups excluding carboxylic acids is 1. The topological polar surface area (TPSA) is 76.1 Å². The van der Waals surface area contributed by atoms with Gasteiger partial charge in [-0.3, -0.25) is 14.7 Å². The average molecular weight is 432 g/mol. The number of hydrogen-bond acceptors (Lipinski definition) is 5. The highest BCUT2D eigenvalue weighted by Crippen LogP contribution is 2.28. The first-order chi connectivity index (χ1) is 15.1. The van der Waals surface area contributed by atoms with Crippen molar-refractivity contribution in [1.29, 1.82) is 0 Å². The number of rotatable bonds is 6. The van der Waals surface area contributed by atoms with E-state index in [9.17, 15) is 9.18 Å². The molecule has 0 aromatic carbocycles. The van der Waals surface area contributed by atoms with Crippen LogP contribution in [0.4, 0.5) is 10.2 Å². The molecule has 8 nitrogen and oxygen atoms in total. The Morgan fingerprint density at radius 2 is 2.03 bits per heavy atom. The van der Waals surface area contributed by atoms with Crippen molar-refractivity contribution in [3.05, 3.63) is 24.1 Å². The minimum atomic E-state index is -0.278. The molecule has 1 saturated carbocycles. The molecule has 9 heteroatoms. The Morgan fingerprint density at radius 1 is 1.23 bits per heavy atom. The van der Waals surface area contributed by atoms with E-state index in [1.807, 2.05) is 9.80 Å². The Bertz CT molecular complexity index is 777.